The average molecular weight is 281 g/mol. The molecule has 1 heterocycles. The van der Waals surface area contributed by atoms with Crippen LogP contribution in [0.15, 0.2) is 48.5 Å². The number of nitrogens with one attached hydrogen (secondary N) is 1. The highest BCUT2D eigenvalue weighted by Gasteiger charge is 2.33. The van der Waals surface area contributed by atoms with Crippen molar-refractivity contribution in [1.82, 2.24) is 0 Å². The summed E-state index contributed by atoms with van der Waals surface area (Å²) in [6.45, 7) is 6.51. The van der Waals surface area contributed by atoms with E-state index in [4.69, 9.17) is 4.74 Å². The highest BCUT2D eigenvalue weighted by Crippen LogP contribution is 2.41. The van der Waals surface area contributed by atoms with E-state index in [9.17, 15) is 0 Å². The van der Waals surface area contributed by atoms with Crippen LogP contribution in [-0.2, 0) is 6.42 Å². The molecule has 110 valence electrons. The van der Waals surface area contributed by atoms with Gasteiger partial charge in [-0.2, -0.15) is 0 Å². The Morgan fingerprint density at radius 2 is 1.81 bits per heavy atom. The van der Waals surface area contributed by atoms with Crippen LogP contribution in [0.5, 0.6) is 5.75 Å². The third-order valence-electron chi connectivity index (χ3n) is 4.10. The Morgan fingerprint density at radius 3 is 2.62 bits per heavy atom. The molecule has 0 aliphatic carbocycles. The molecule has 0 fully saturated rings. The molecular weight excluding hydrogens is 258 g/mol. The lowest BCUT2D eigenvalue weighted by Gasteiger charge is -2.38. The molecule has 21 heavy (non-hydrogen) atoms. The van der Waals surface area contributed by atoms with Gasteiger partial charge in [0.05, 0.1) is 6.04 Å². The van der Waals surface area contributed by atoms with Crippen molar-refractivity contribution in [3.63, 3.8) is 0 Å². The molecule has 1 aliphatic rings. The number of rotatable bonds is 3. The van der Waals surface area contributed by atoms with E-state index in [-0.39, 0.29) is 11.6 Å². The van der Waals surface area contributed by atoms with Gasteiger partial charge in [-0.05, 0) is 38.0 Å². The van der Waals surface area contributed by atoms with Crippen LogP contribution in [0.3, 0.4) is 0 Å². The summed E-state index contributed by atoms with van der Waals surface area (Å²) < 4.78 is 6.10. The Morgan fingerprint density at radius 1 is 1.10 bits per heavy atom. The van der Waals surface area contributed by atoms with Gasteiger partial charge in [0.1, 0.15) is 11.4 Å². The fourth-order valence-corrected chi connectivity index (χ4v) is 3.09. The first-order valence-electron chi connectivity index (χ1n) is 7.71. The molecule has 2 aromatic rings. The zero-order valence-corrected chi connectivity index (χ0v) is 13.0. The number of para-hydroxylation sites is 2. The molecule has 1 N–H and O–H groups in total. The van der Waals surface area contributed by atoms with E-state index in [0.29, 0.717) is 0 Å². The largest absolute Gasteiger partial charge is 0.487 e. The highest BCUT2D eigenvalue weighted by molar-refractivity contribution is 5.54. The molecule has 0 radical (unpaired) electrons. The Hall–Kier alpha value is -1.96. The van der Waals surface area contributed by atoms with Gasteiger partial charge in [0.2, 0.25) is 0 Å². The van der Waals surface area contributed by atoms with Crippen molar-refractivity contribution in [2.24, 2.45) is 0 Å². The Bertz CT molecular complexity index is 633. The third kappa shape index (κ3) is 2.90. The molecular formula is C19H23NO. The van der Waals surface area contributed by atoms with E-state index in [2.05, 4.69) is 68.6 Å². The van der Waals surface area contributed by atoms with E-state index in [1.807, 2.05) is 6.07 Å². The van der Waals surface area contributed by atoms with Crippen LogP contribution in [0.25, 0.3) is 0 Å². The van der Waals surface area contributed by atoms with Crippen LogP contribution < -0.4 is 10.1 Å². The number of hydrogen-bond donors (Lipinski definition) is 1. The number of ether oxygens (including phenoxy) is 1. The summed E-state index contributed by atoms with van der Waals surface area (Å²) in [5.41, 5.74) is 3.70. The topological polar surface area (TPSA) is 21.3 Å². The quantitative estimate of drug-likeness (QED) is 0.858. The van der Waals surface area contributed by atoms with Crippen molar-refractivity contribution in [3.05, 3.63) is 59.7 Å². The van der Waals surface area contributed by atoms with Crippen molar-refractivity contribution >= 4 is 5.69 Å². The van der Waals surface area contributed by atoms with Crippen molar-refractivity contribution in [1.29, 1.82) is 0 Å². The molecule has 2 aromatic carbocycles. The molecule has 2 heteroatoms. The first-order chi connectivity index (χ1) is 10.1. The van der Waals surface area contributed by atoms with Gasteiger partial charge in [-0.15, -0.1) is 0 Å². The van der Waals surface area contributed by atoms with E-state index in [1.54, 1.807) is 0 Å². The molecule has 0 amide bonds. The molecule has 3 rings (SSSR count). The molecule has 0 bridgehead atoms. The lowest BCUT2D eigenvalue weighted by molar-refractivity contribution is 0.0759. The normalized spacial score (nSPS) is 19.5. The van der Waals surface area contributed by atoms with Crippen molar-refractivity contribution in [2.45, 2.75) is 45.3 Å². The predicted molar refractivity (Wildman–Crippen MR) is 87.9 cm³/mol. The number of aryl methyl sites for hydroxylation is 1. The van der Waals surface area contributed by atoms with Gasteiger partial charge in [-0.1, -0.05) is 43.3 Å². The Kier molecular flexibility index (Phi) is 3.62. The third-order valence-corrected chi connectivity index (χ3v) is 4.10. The minimum absolute atomic E-state index is 0.146. The second-order valence-corrected chi connectivity index (χ2v) is 6.31. The monoisotopic (exact) mass is 281 g/mol. The van der Waals surface area contributed by atoms with Gasteiger partial charge in [-0.25, -0.2) is 0 Å². The molecule has 0 saturated heterocycles. The first kappa shape index (κ1) is 14.0. The van der Waals surface area contributed by atoms with Crippen LogP contribution >= 0.6 is 0 Å². The predicted octanol–water partition coefficient (Wildman–Crippen LogP) is 4.96. The van der Waals surface area contributed by atoms with Crippen molar-refractivity contribution in [2.75, 3.05) is 5.32 Å². The van der Waals surface area contributed by atoms with Crippen LogP contribution in [-0.4, -0.2) is 5.60 Å². The Balaban J connectivity index is 1.95. The molecule has 0 spiro atoms. The summed E-state index contributed by atoms with van der Waals surface area (Å²) in [5.74, 6) is 1.00. The van der Waals surface area contributed by atoms with Crippen molar-refractivity contribution in [3.8, 4) is 5.75 Å². The number of hydrogen-bond acceptors (Lipinski definition) is 2. The van der Waals surface area contributed by atoms with Gasteiger partial charge in [0, 0.05) is 17.7 Å². The molecule has 2 nitrogen and oxygen atoms in total. The van der Waals surface area contributed by atoms with Gasteiger partial charge in [-0.3, -0.25) is 0 Å². The van der Waals surface area contributed by atoms with Crippen molar-refractivity contribution < 1.29 is 4.74 Å². The number of anilines is 1. The minimum atomic E-state index is -0.146. The smallest absolute Gasteiger partial charge is 0.125 e. The minimum Gasteiger partial charge on any atom is -0.487 e. The van der Waals surface area contributed by atoms with E-state index >= 15 is 0 Å². The van der Waals surface area contributed by atoms with E-state index < -0.39 is 0 Å². The van der Waals surface area contributed by atoms with Crippen LogP contribution in [0.1, 0.15) is 44.4 Å². The lowest BCUT2D eigenvalue weighted by Crippen LogP contribution is -2.37. The molecule has 1 atom stereocenters. The standard InChI is InChI=1S/C19H23NO/c1-4-14-9-5-7-11-16(14)20-17-13-19(2,3)21-18-12-8-6-10-15(17)18/h5-12,17,20H,4,13H2,1-3H3. The van der Waals surface area contributed by atoms with Crippen LogP contribution in [0.2, 0.25) is 0 Å². The summed E-state index contributed by atoms with van der Waals surface area (Å²) >= 11 is 0. The van der Waals surface area contributed by atoms with Gasteiger partial charge in [0.15, 0.2) is 0 Å². The van der Waals surface area contributed by atoms with Gasteiger partial charge < -0.3 is 10.1 Å². The molecule has 1 aliphatic heterocycles. The first-order valence-corrected chi connectivity index (χ1v) is 7.71. The summed E-state index contributed by atoms with van der Waals surface area (Å²) in [6, 6.07) is 17.2. The zero-order valence-electron chi connectivity index (χ0n) is 13.0. The zero-order chi connectivity index (χ0) is 14.9. The summed E-state index contributed by atoms with van der Waals surface area (Å²) in [4.78, 5) is 0. The maximum atomic E-state index is 6.10. The van der Waals surface area contributed by atoms with E-state index in [0.717, 1.165) is 18.6 Å². The van der Waals surface area contributed by atoms with Gasteiger partial charge >= 0.3 is 0 Å². The summed E-state index contributed by atoms with van der Waals surface area (Å²) in [5, 5.41) is 3.73. The number of fused-ring (bicyclic) bond motifs is 1. The Labute approximate surface area is 127 Å². The number of benzene rings is 2. The molecule has 0 aromatic heterocycles. The second-order valence-electron chi connectivity index (χ2n) is 6.31. The maximum Gasteiger partial charge on any atom is 0.125 e. The van der Waals surface area contributed by atoms with Crippen LogP contribution in [0, 0.1) is 0 Å². The molecule has 0 saturated carbocycles. The maximum absolute atomic E-state index is 6.10. The van der Waals surface area contributed by atoms with Gasteiger partial charge in [0.25, 0.3) is 0 Å². The summed E-state index contributed by atoms with van der Waals surface area (Å²) in [6.07, 6.45) is 2.00. The van der Waals surface area contributed by atoms with Crippen LogP contribution in [0.4, 0.5) is 5.69 Å². The lowest BCUT2D eigenvalue weighted by atomic mass is 9.89. The second kappa shape index (κ2) is 5.44. The fraction of sp³-hybridized carbons (Fsp3) is 0.368. The fourth-order valence-electron chi connectivity index (χ4n) is 3.09. The van der Waals surface area contributed by atoms with E-state index in [1.165, 1.54) is 16.8 Å². The molecule has 1 unspecified atom stereocenters. The highest BCUT2D eigenvalue weighted by atomic mass is 16.5. The summed E-state index contributed by atoms with van der Waals surface area (Å²) in [7, 11) is 0. The SMILES string of the molecule is CCc1ccccc1NC1CC(C)(C)Oc2ccccc21. The average Bonchev–Trinajstić information content (AvgIpc) is 2.46.